The fourth-order valence-electron chi connectivity index (χ4n) is 13.8. The molecule has 2 saturated heterocycles. The zero-order valence-corrected chi connectivity index (χ0v) is 34.5. The number of rotatable bonds is 9. The Morgan fingerprint density at radius 1 is 0.717 bits per heavy atom. The van der Waals surface area contributed by atoms with Crippen molar-refractivity contribution in [3.8, 4) is 0 Å². The van der Waals surface area contributed by atoms with E-state index in [4.69, 9.17) is 14.2 Å². The molecule has 9 aliphatic rings. The molecule has 0 aromatic carbocycles. The number of esters is 3. The van der Waals surface area contributed by atoms with Crippen LogP contribution in [0.25, 0.3) is 0 Å². The predicted octanol–water partition coefficient (Wildman–Crippen LogP) is 10.2. The first-order chi connectivity index (χ1) is 25.4. The molecule has 0 radical (unpaired) electrons. The highest BCUT2D eigenvalue weighted by Gasteiger charge is 2.56. The SMILES string of the molecule is CC1C(=O)OC(=O)C1C.CC1C2CC(CCCCC3(C4CCCC4)OCCO3)C(C2)C1C.CCC1(OC(=O)C2CC3CC2C(C)C3C)CC2CCC1C2. The normalized spacial score (nSPS) is 46.0. The number of unbranched alkanes of at least 4 members (excludes halogenated alkanes) is 1. The number of hydrogen-bond acceptors (Lipinski definition) is 7. The van der Waals surface area contributed by atoms with Crippen LogP contribution in [0, 0.1) is 88.8 Å². The molecular formula is C46H74O7. The fraction of sp³-hybridized carbons (Fsp3) is 0.935. The van der Waals surface area contributed by atoms with Crippen LogP contribution in [0.4, 0.5) is 0 Å². The third-order valence-electron chi connectivity index (χ3n) is 17.9. The lowest BCUT2D eigenvalue weighted by Crippen LogP contribution is -2.43. The van der Waals surface area contributed by atoms with Gasteiger partial charge in [0.15, 0.2) is 5.79 Å². The molecule has 6 bridgehead atoms. The minimum Gasteiger partial charge on any atom is -0.459 e. The molecule has 15 unspecified atom stereocenters. The average molecular weight is 739 g/mol. The van der Waals surface area contributed by atoms with Crippen molar-refractivity contribution in [2.24, 2.45) is 88.8 Å². The van der Waals surface area contributed by atoms with Crippen molar-refractivity contribution in [1.82, 2.24) is 0 Å². The van der Waals surface area contributed by atoms with Crippen LogP contribution in [0.3, 0.4) is 0 Å². The van der Waals surface area contributed by atoms with Gasteiger partial charge in [-0.1, -0.05) is 74.1 Å². The Balaban J connectivity index is 0.000000134. The monoisotopic (exact) mass is 739 g/mol. The largest absolute Gasteiger partial charge is 0.459 e. The second-order valence-corrected chi connectivity index (χ2v) is 20.1. The molecule has 15 atom stereocenters. The lowest BCUT2D eigenvalue weighted by Gasteiger charge is -2.39. The van der Waals surface area contributed by atoms with E-state index in [1.54, 1.807) is 13.8 Å². The second-order valence-electron chi connectivity index (χ2n) is 20.1. The van der Waals surface area contributed by atoms with E-state index in [2.05, 4.69) is 39.4 Å². The van der Waals surface area contributed by atoms with Crippen molar-refractivity contribution >= 4 is 17.9 Å². The summed E-state index contributed by atoms with van der Waals surface area (Å²) in [6, 6.07) is 0. The van der Waals surface area contributed by atoms with E-state index in [0.717, 1.165) is 86.2 Å². The van der Waals surface area contributed by atoms with Crippen molar-refractivity contribution in [2.75, 3.05) is 13.2 Å². The van der Waals surface area contributed by atoms with Crippen LogP contribution < -0.4 is 0 Å². The summed E-state index contributed by atoms with van der Waals surface area (Å²) in [7, 11) is 0. The van der Waals surface area contributed by atoms with Crippen molar-refractivity contribution in [2.45, 2.75) is 169 Å². The molecule has 7 heteroatoms. The highest BCUT2D eigenvalue weighted by atomic mass is 16.7. The Hall–Kier alpha value is -1.47. The number of fused-ring (bicyclic) bond motifs is 6. The van der Waals surface area contributed by atoms with Gasteiger partial charge in [-0.3, -0.25) is 14.4 Å². The van der Waals surface area contributed by atoms with E-state index in [-0.39, 0.29) is 35.1 Å². The van der Waals surface area contributed by atoms with E-state index in [0.29, 0.717) is 23.7 Å². The topological polar surface area (TPSA) is 88.1 Å². The molecule has 9 rings (SSSR count). The maximum absolute atomic E-state index is 12.9. The number of hydrogen-bond donors (Lipinski definition) is 0. The third-order valence-corrected chi connectivity index (χ3v) is 17.9. The molecule has 0 aromatic rings. The minimum absolute atomic E-state index is 0.0866. The standard InChI is InChI=1S/C21H36O2.C19H30O2.C6H8O3/c1-15-16(2)20-14-18(15)13-17(20)7-5-6-10-21(22-11-12-23-21)19-8-3-4-9-19;1-4-19(10-13-5-6-15(19)7-13)21-18(20)17-9-14-8-16(17)12(3)11(14)2;1-3-4(2)6(8)9-5(3)7/h15-20H,3-14H2,1-2H3;11-17H,4-10H2,1-3H3;3-4H,1-2H3. The molecule has 0 amide bonds. The lowest BCUT2D eigenvalue weighted by atomic mass is 9.74. The van der Waals surface area contributed by atoms with Gasteiger partial charge in [0.25, 0.3) is 0 Å². The molecule has 7 nitrogen and oxygen atoms in total. The summed E-state index contributed by atoms with van der Waals surface area (Å²) in [5, 5.41) is 0. The molecule has 300 valence electrons. The van der Waals surface area contributed by atoms with Gasteiger partial charge in [-0.25, -0.2) is 0 Å². The molecule has 0 spiro atoms. The minimum atomic E-state index is -0.396. The van der Waals surface area contributed by atoms with Crippen LogP contribution in [0.15, 0.2) is 0 Å². The van der Waals surface area contributed by atoms with Gasteiger partial charge < -0.3 is 18.9 Å². The molecule has 0 aromatic heterocycles. The van der Waals surface area contributed by atoms with Crippen LogP contribution in [-0.2, 0) is 33.3 Å². The third kappa shape index (κ3) is 7.67. The molecule has 7 aliphatic carbocycles. The first-order valence-corrected chi connectivity index (χ1v) is 22.6. The van der Waals surface area contributed by atoms with Gasteiger partial charge in [-0.2, -0.15) is 0 Å². The summed E-state index contributed by atoms with van der Waals surface area (Å²) in [5.41, 5.74) is -0.0866. The molecular weight excluding hydrogens is 664 g/mol. The van der Waals surface area contributed by atoms with Crippen LogP contribution >= 0.6 is 0 Å². The van der Waals surface area contributed by atoms with E-state index in [9.17, 15) is 14.4 Å². The van der Waals surface area contributed by atoms with Crippen LogP contribution in [0.1, 0.15) is 158 Å². The number of carbonyl (C=O) groups is 3. The van der Waals surface area contributed by atoms with Gasteiger partial charge in [0.1, 0.15) is 5.60 Å². The molecule has 9 fully saturated rings. The summed E-state index contributed by atoms with van der Waals surface area (Å²) < 4.78 is 22.9. The van der Waals surface area contributed by atoms with Gasteiger partial charge in [-0.05, 0) is 142 Å². The van der Waals surface area contributed by atoms with Gasteiger partial charge in [-0.15, -0.1) is 0 Å². The van der Waals surface area contributed by atoms with E-state index in [1.165, 1.54) is 83.5 Å². The van der Waals surface area contributed by atoms with Gasteiger partial charge in [0, 0.05) is 12.3 Å². The molecule has 53 heavy (non-hydrogen) atoms. The smallest absolute Gasteiger partial charge is 0.317 e. The van der Waals surface area contributed by atoms with Crippen LogP contribution in [0.2, 0.25) is 0 Å². The number of carbonyl (C=O) groups excluding carboxylic acids is 3. The first-order valence-electron chi connectivity index (χ1n) is 22.6. The number of cyclic esters (lactones) is 2. The van der Waals surface area contributed by atoms with Crippen LogP contribution in [-0.4, -0.2) is 42.5 Å². The van der Waals surface area contributed by atoms with E-state index < -0.39 is 11.9 Å². The van der Waals surface area contributed by atoms with E-state index >= 15 is 0 Å². The van der Waals surface area contributed by atoms with Crippen LogP contribution in [0.5, 0.6) is 0 Å². The maximum Gasteiger partial charge on any atom is 0.317 e. The highest BCUT2D eigenvalue weighted by molar-refractivity contribution is 5.95. The van der Waals surface area contributed by atoms with Crippen molar-refractivity contribution < 1.29 is 33.3 Å². The fourth-order valence-corrected chi connectivity index (χ4v) is 13.8. The Morgan fingerprint density at radius 2 is 1.34 bits per heavy atom. The second kappa shape index (κ2) is 16.2. The van der Waals surface area contributed by atoms with Gasteiger partial charge in [0.2, 0.25) is 0 Å². The average Bonchev–Trinajstić information content (AvgIpc) is 4.01. The summed E-state index contributed by atoms with van der Waals surface area (Å²) in [5.74, 6) is 9.03. The number of ether oxygens (including phenoxy) is 4. The predicted molar refractivity (Wildman–Crippen MR) is 205 cm³/mol. The zero-order valence-electron chi connectivity index (χ0n) is 34.5. The highest BCUT2D eigenvalue weighted by Crippen LogP contribution is 2.59. The Bertz CT molecular complexity index is 1280. The molecule has 2 heterocycles. The molecule has 7 saturated carbocycles. The van der Waals surface area contributed by atoms with Crippen molar-refractivity contribution in [3.63, 3.8) is 0 Å². The molecule has 0 N–H and O–H groups in total. The summed E-state index contributed by atoms with van der Waals surface area (Å²) in [6.07, 6.45) is 22.2. The quantitative estimate of drug-likeness (QED) is 0.132. The van der Waals surface area contributed by atoms with E-state index in [1.807, 2.05) is 0 Å². The Kier molecular flexibility index (Phi) is 12.1. The first kappa shape index (κ1) is 39.8. The van der Waals surface area contributed by atoms with Crippen molar-refractivity contribution in [3.05, 3.63) is 0 Å². The summed E-state index contributed by atoms with van der Waals surface area (Å²) >= 11 is 0. The van der Waals surface area contributed by atoms with Gasteiger partial charge >= 0.3 is 17.9 Å². The maximum atomic E-state index is 12.9. The van der Waals surface area contributed by atoms with Gasteiger partial charge in [0.05, 0.1) is 31.0 Å². The summed E-state index contributed by atoms with van der Waals surface area (Å²) in [6.45, 7) is 17.0. The van der Waals surface area contributed by atoms with Crippen molar-refractivity contribution in [1.29, 1.82) is 0 Å². The Morgan fingerprint density at radius 3 is 1.83 bits per heavy atom. The zero-order chi connectivity index (χ0) is 37.7. The Labute approximate surface area is 321 Å². The summed E-state index contributed by atoms with van der Waals surface area (Å²) in [4.78, 5) is 34.0. The lowest BCUT2D eigenvalue weighted by molar-refractivity contribution is -0.199. The molecule has 2 aliphatic heterocycles.